The molecule has 0 radical (unpaired) electrons. The molecule has 0 aliphatic carbocycles. The van der Waals surface area contributed by atoms with Crippen LogP contribution in [0, 0.1) is 27.6 Å². The van der Waals surface area contributed by atoms with Crippen LogP contribution in [0.2, 0.25) is 0 Å². The van der Waals surface area contributed by atoms with Crippen molar-refractivity contribution in [2.45, 2.75) is 12.5 Å². The number of carboxylic acids is 1. The first-order valence-corrected chi connectivity index (χ1v) is 7.11. The van der Waals surface area contributed by atoms with E-state index < -0.39 is 58.0 Å². The fourth-order valence-electron chi connectivity index (χ4n) is 2.18. The highest BCUT2D eigenvalue weighted by atomic mass is 19.2. The van der Waals surface area contributed by atoms with E-state index in [0.29, 0.717) is 0 Å². The zero-order valence-corrected chi connectivity index (χ0v) is 12.9. The third kappa shape index (κ3) is 4.15. The van der Waals surface area contributed by atoms with Gasteiger partial charge >= 0.3 is 11.7 Å². The fraction of sp³-hybridized carbons (Fsp3) is 0.125. The lowest BCUT2D eigenvalue weighted by Crippen LogP contribution is -2.42. The molecule has 0 saturated carbocycles. The molecule has 136 valence electrons. The van der Waals surface area contributed by atoms with Gasteiger partial charge in [-0.25, -0.2) is 13.6 Å². The van der Waals surface area contributed by atoms with Crippen molar-refractivity contribution in [1.82, 2.24) is 5.32 Å². The number of carboxylic acid groups (broad SMARTS) is 1. The quantitative estimate of drug-likeness (QED) is 0.601. The van der Waals surface area contributed by atoms with Crippen molar-refractivity contribution in [1.29, 1.82) is 0 Å². The van der Waals surface area contributed by atoms with Crippen LogP contribution in [0.3, 0.4) is 0 Å². The van der Waals surface area contributed by atoms with Crippen LogP contribution in [0.1, 0.15) is 15.9 Å². The Labute approximate surface area is 144 Å². The molecule has 0 unspecified atom stereocenters. The molecule has 0 bridgehead atoms. The van der Waals surface area contributed by atoms with Gasteiger partial charge in [-0.15, -0.1) is 0 Å². The van der Waals surface area contributed by atoms with E-state index in [4.69, 9.17) is 0 Å². The number of nitrogens with one attached hydrogen (secondary N) is 1. The molecule has 0 aliphatic rings. The lowest BCUT2D eigenvalue weighted by molar-refractivity contribution is -0.387. The third-order valence-electron chi connectivity index (χ3n) is 3.45. The van der Waals surface area contributed by atoms with E-state index in [1.54, 1.807) is 0 Å². The molecule has 0 heterocycles. The molecule has 0 aliphatic heterocycles. The Hall–Kier alpha value is -3.43. The summed E-state index contributed by atoms with van der Waals surface area (Å²) in [6.45, 7) is 0. The van der Waals surface area contributed by atoms with Crippen LogP contribution in [0.15, 0.2) is 36.4 Å². The molecular weight excluding hydrogens is 357 g/mol. The molecule has 1 amide bonds. The van der Waals surface area contributed by atoms with E-state index in [1.807, 2.05) is 5.32 Å². The minimum atomic E-state index is -1.60. The maximum Gasteiger partial charge on any atom is 0.326 e. The van der Waals surface area contributed by atoms with E-state index in [9.17, 15) is 38.0 Å². The van der Waals surface area contributed by atoms with Gasteiger partial charge in [0.15, 0.2) is 11.6 Å². The van der Waals surface area contributed by atoms with Crippen LogP contribution in [0.4, 0.5) is 18.9 Å². The first-order chi connectivity index (χ1) is 12.2. The van der Waals surface area contributed by atoms with Gasteiger partial charge in [0.1, 0.15) is 6.04 Å². The normalized spacial score (nSPS) is 11.7. The Morgan fingerprint density at radius 1 is 1.15 bits per heavy atom. The summed E-state index contributed by atoms with van der Waals surface area (Å²) in [6, 6.07) is 3.98. The molecule has 2 N–H and O–H groups in total. The van der Waals surface area contributed by atoms with Crippen molar-refractivity contribution in [3.8, 4) is 0 Å². The van der Waals surface area contributed by atoms with Gasteiger partial charge in [0.05, 0.1) is 10.5 Å². The number of carbonyl (C=O) groups is 2. The molecule has 0 aromatic heterocycles. The summed E-state index contributed by atoms with van der Waals surface area (Å²) in [6.07, 6.45) is -0.431. The summed E-state index contributed by atoms with van der Waals surface area (Å²) < 4.78 is 40.1. The molecule has 10 heteroatoms. The Bertz CT molecular complexity index is 888. The monoisotopic (exact) mass is 368 g/mol. The van der Waals surface area contributed by atoms with Crippen LogP contribution >= 0.6 is 0 Å². The molecular formula is C16H11F3N2O5. The Morgan fingerprint density at radius 2 is 1.85 bits per heavy atom. The summed E-state index contributed by atoms with van der Waals surface area (Å²) >= 11 is 0. The van der Waals surface area contributed by atoms with Gasteiger partial charge < -0.3 is 10.4 Å². The second-order valence-corrected chi connectivity index (χ2v) is 5.21. The highest BCUT2D eigenvalue weighted by Gasteiger charge is 2.25. The smallest absolute Gasteiger partial charge is 0.326 e. The predicted molar refractivity (Wildman–Crippen MR) is 82.0 cm³/mol. The number of amides is 1. The van der Waals surface area contributed by atoms with E-state index in [2.05, 4.69) is 0 Å². The summed E-state index contributed by atoms with van der Waals surface area (Å²) in [5.41, 5.74) is -1.49. The second-order valence-electron chi connectivity index (χ2n) is 5.21. The fourth-order valence-corrected chi connectivity index (χ4v) is 2.18. The zero-order chi connectivity index (χ0) is 19.4. The van der Waals surface area contributed by atoms with Gasteiger partial charge in [0.25, 0.3) is 5.91 Å². The molecule has 2 aromatic rings. The Balaban J connectivity index is 2.23. The van der Waals surface area contributed by atoms with Crippen molar-refractivity contribution in [3.05, 3.63) is 75.1 Å². The Morgan fingerprint density at radius 3 is 2.46 bits per heavy atom. The number of rotatable bonds is 6. The van der Waals surface area contributed by atoms with E-state index in [0.717, 1.165) is 36.4 Å². The number of halogens is 3. The first kappa shape index (κ1) is 18.9. The number of hydrogen-bond acceptors (Lipinski definition) is 4. The van der Waals surface area contributed by atoms with E-state index in [1.165, 1.54) is 0 Å². The van der Waals surface area contributed by atoms with Crippen molar-refractivity contribution < 1.29 is 32.8 Å². The third-order valence-corrected chi connectivity index (χ3v) is 3.45. The number of benzene rings is 2. The molecule has 0 spiro atoms. The average Bonchev–Trinajstić information content (AvgIpc) is 2.57. The minimum Gasteiger partial charge on any atom is -0.480 e. The number of nitro benzene ring substituents is 1. The molecule has 2 rings (SSSR count). The van der Waals surface area contributed by atoms with Crippen LogP contribution in [-0.2, 0) is 11.2 Å². The molecule has 0 saturated heterocycles. The zero-order valence-electron chi connectivity index (χ0n) is 12.9. The summed E-state index contributed by atoms with van der Waals surface area (Å²) in [4.78, 5) is 33.1. The van der Waals surface area contributed by atoms with Gasteiger partial charge in [-0.05, 0) is 23.8 Å². The average molecular weight is 368 g/mol. The van der Waals surface area contributed by atoms with Crippen molar-refractivity contribution in [2.75, 3.05) is 0 Å². The van der Waals surface area contributed by atoms with E-state index >= 15 is 0 Å². The molecule has 7 nitrogen and oxygen atoms in total. The lowest BCUT2D eigenvalue weighted by Gasteiger charge is -2.15. The van der Waals surface area contributed by atoms with Crippen molar-refractivity contribution in [2.24, 2.45) is 0 Å². The molecule has 0 fully saturated rings. The second kappa shape index (κ2) is 7.64. The largest absolute Gasteiger partial charge is 0.480 e. The number of nitrogens with zero attached hydrogens (tertiary/aromatic N) is 1. The number of nitro groups is 1. The highest BCUT2D eigenvalue weighted by molar-refractivity contribution is 5.96. The van der Waals surface area contributed by atoms with Crippen molar-refractivity contribution >= 4 is 17.6 Å². The number of hydrogen-bond donors (Lipinski definition) is 2. The maximum absolute atomic E-state index is 13.6. The summed E-state index contributed by atoms with van der Waals surface area (Å²) in [7, 11) is 0. The maximum atomic E-state index is 13.6. The van der Waals surface area contributed by atoms with Crippen molar-refractivity contribution in [3.63, 3.8) is 0 Å². The number of aliphatic carboxylic acids is 1. The van der Waals surface area contributed by atoms with Crippen LogP contribution in [-0.4, -0.2) is 27.9 Å². The van der Waals surface area contributed by atoms with Crippen LogP contribution < -0.4 is 5.32 Å². The highest BCUT2D eigenvalue weighted by Crippen LogP contribution is 2.20. The topological polar surface area (TPSA) is 110 Å². The number of carbonyl (C=O) groups excluding carboxylic acids is 1. The Kier molecular flexibility index (Phi) is 5.55. The minimum absolute atomic E-state index is 0.0607. The molecule has 2 aromatic carbocycles. The van der Waals surface area contributed by atoms with Gasteiger partial charge in [0, 0.05) is 12.5 Å². The van der Waals surface area contributed by atoms with Gasteiger partial charge in [-0.3, -0.25) is 14.9 Å². The van der Waals surface area contributed by atoms with Crippen LogP contribution in [0.5, 0.6) is 0 Å². The first-order valence-electron chi connectivity index (χ1n) is 7.11. The lowest BCUT2D eigenvalue weighted by atomic mass is 10.0. The SMILES string of the molecule is O=C(N[C@H](Cc1ccc(F)c([N+](=O)[O-])c1)C(=O)O)c1cccc(F)c1F. The van der Waals surface area contributed by atoms with Crippen LogP contribution in [0.25, 0.3) is 0 Å². The van der Waals surface area contributed by atoms with Gasteiger partial charge in [0.2, 0.25) is 5.82 Å². The molecule has 26 heavy (non-hydrogen) atoms. The summed E-state index contributed by atoms with van der Waals surface area (Å²) in [5.74, 6) is -6.50. The van der Waals surface area contributed by atoms with Gasteiger partial charge in [-0.2, -0.15) is 4.39 Å². The predicted octanol–water partition coefficient (Wildman–Crippen LogP) is 2.44. The van der Waals surface area contributed by atoms with Gasteiger partial charge in [-0.1, -0.05) is 12.1 Å². The standard InChI is InChI=1S/C16H11F3N2O5/c17-10-5-4-8(7-13(10)21(25)26)6-12(16(23)24)20-15(22)9-2-1-3-11(18)14(9)19/h1-5,7,12H,6H2,(H,20,22)(H,23,24)/t12-/m1/s1. The summed E-state index contributed by atoms with van der Waals surface area (Å²) in [5, 5.41) is 21.9. The van der Waals surface area contributed by atoms with E-state index in [-0.39, 0.29) is 5.56 Å². The molecule has 1 atom stereocenters.